The molecule has 1 aromatic rings. The van der Waals surface area contributed by atoms with Gasteiger partial charge in [0, 0.05) is 25.5 Å². The van der Waals surface area contributed by atoms with Crippen LogP contribution in [-0.4, -0.2) is 30.8 Å². The highest BCUT2D eigenvalue weighted by Gasteiger charge is 2.13. The number of hydrogen-bond acceptors (Lipinski definition) is 4. The third kappa shape index (κ3) is 4.26. The van der Waals surface area contributed by atoms with Crippen molar-refractivity contribution in [3.05, 3.63) is 30.1 Å². The molecule has 1 heterocycles. The Labute approximate surface area is 96.8 Å². The van der Waals surface area contributed by atoms with Gasteiger partial charge in [-0.2, -0.15) is 0 Å². The molecule has 0 aliphatic heterocycles. The van der Waals surface area contributed by atoms with E-state index in [9.17, 15) is 0 Å². The summed E-state index contributed by atoms with van der Waals surface area (Å²) in [5.74, 6) is 0. The van der Waals surface area contributed by atoms with Crippen molar-refractivity contribution in [2.75, 3.05) is 19.8 Å². The van der Waals surface area contributed by atoms with E-state index < -0.39 is 0 Å². The first-order chi connectivity index (χ1) is 7.77. The lowest BCUT2D eigenvalue weighted by molar-refractivity contribution is -0.0441. The Hall–Kier alpha value is -0.970. The quantitative estimate of drug-likeness (QED) is 0.763. The molecule has 0 spiro atoms. The minimum absolute atomic E-state index is 0.0432. The Bertz CT molecular complexity index is 280. The molecule has 90 valence electrons. The molecule has 0 radical (unpaired) electrons. The molecule has 2 atom stereocenters. The van der Waals surface area contributed by atoms with Crippen LogP contribution in [0, 0.1) is 0 Å². The van der Waals surface area contributed by atoms with Crippen molar-refractivity contribution in [3.63, 3.8) is 0 Å². The fraction of sp³-hybridized carbons (Fsp3) is 0.583. The van der Waals surface area contributed by atoms with Crippen LogP contribution in [0.2, 0.25) is 0 Å². The van der Waals surface area contributed by atoms with Crippen LogP contribution in [0.15, 0.2) is 24.5 Å². The molecule has 4 nitrogen and oxygen atoms in total. The smallest absolute Gasteiger partial charge is 0.0952 e. The van der Waals surface area contributed by atoms with E-state index in [1.807, 2.05) is 26.0 Å². The Morgan fingerprint density at radius 2 is 2.06 bits per heavy atom. The summed E-state index contributed by atoms with van der Waals surface area (Å²) < 4.78 is 11.1. The Morgan fingerprint density at radius 3 is 2.62 bits per heavy atom. The van der Waals surface area contributed by atoms with Crippen molar-refractivity contribution in [2.45, 2.75) is 26.1 Å². The fourth-order valence-corrected chi connectivity index (χ4v) is 1.45. The number of pyridine rings is 1. The van der Waals surface area contributed by atoms with E-state index in [1.165, 1.54) is 0 Å². The van der Waals surface area contributed by atoms with Crippen molar-refractivity contribution >= 4 is 0 Å². The number of aromatic nitrogens is 1. The topological polar surface area (TPSA) is 57.4 Å². The van der Waals surface area contributed by atoms with Crippen LogP contribution in [0.1, 0.15) is 25.5 Å². The maximum absolute atomic E-state index is 5.81. The summed E-state index contributed by atoms with van der Waals surface area (Å²) in [6.45, 7) is 5.71. The second-order valence-corrected chi connectivity index (χ2v) is 3.61. The number of ether oxygens (including phenoxy) is 2. The predicted octanol–water partition coefficient (Wildman–Crippen LogP) is 1.52. The number of hydrogen-bond donors (Lipinski definition) is 1. The standard InChI is InChI=1S/C12H20N2O2/c1-3-15-9-10(2)16-12(8-13)11-4-6-14-7-5-11/h4-7,10,12H,3,8-9,13H2,1-2H3. The van der Waals surface area contributed by atoms with Crippen molar-refractivity contribution in [1.29, 1.82) is 0 Å². The SMILES string of the molecule is CCOCC(C)OC(CN)c1ccncc1. The summed E-state index contributed by atoms with van der Waals surface area (Å²) in [5, 5.41) is 0. The van der Waals surface area contributed by atoms with Gasteiger partial charge in [-0.05, 0) is 31.5 Å². The molecule has 1 rings (SSSR count). The third-order valence-corrected chi connectivity index (χ3v) is 2.25. The first-order valence-corrected chi connectivity index (χ1v) is 5.61. The normalized spacial score (nSPS) is 14.7. The molecule has 0 aromatic carbocycles. The molecular weight excluding hydrogens is 204 g/mol. The van der Waals surface area contributed by atoms with E-state index in [2.05, 4.69) is 4.98 Å². The molecule has 2 N–H and O–H groups in total. The van der Waals surface area contributed by atoms with Crippen LogP contribution in [0.25, 0.3) is 0 Å². The van der Waals surface area contributed by atoms with Crippen LogP contribution in [-0.2, 0) is 9.47 Å². The number of rotatable bonds is 7. The lowest BCUT2D eigenvalue weighted by Gasteiger charge is -2.21. The fourth-order valence-electron chi connectivity index (χ4n) is 1.45. The molecule has 0 aliphatic carbocycles. The van der Waals surface area contributed by atoms with Crippen molar-refractivity contribution in [2.24, 2.45) is 5.73 Å². The summed E-state index contributed by atoms with van der Waals surface area (Å²) >= 11 is 0. The van der Waals surface area contributed by atoms with Gasteiger partial charge in [-0.1, -0.05) is 0 Å². The third-order valence-electron chi connectivity index (χ3n) is 2.25. The van der Waals surface area contributed by atoms with Crippen LogP contribution >= 0.6 is 0 Å². The van der Waals surface area contributed by atoms with E-state index in [0.717, 1.165) is 5.56 Å². The monoisotopic (exact) mass is 224 g/mol. The predicted molar refractivity (Wildman–Crippen MR) is 63.1 cm³/mol. The Morgan fingerprint density at radius 1 is 1.38 bits per heavy atom. The summed E-state index contributed by atoms with van der Waals surface area (Å²) in [7, 11) is 0. The summed E-state index contributed by atoms with van der Waals surface area (Å²) in [6, 6.07) is 3.84. The van der Waals surface area contributed by atoms with E-state index in [4.69, 9.17) is 15.2 Å². The molecule has 2 unspecified atom stereocenters. The zero-order chi connectivity index (χ0) is 11.8. The summed E-state index contributed by atoms with van der Waals surface area (Å²) in [6.07, 6.45) is 3.45. The van der Waals surface area contributed by atoms with Gasteiger partial charge in [-0.15, -0.1) is 0 Å². The molecule has 0 bridgehead atoms. The summed E-state index contributed by atoms with van der Waals surface area (Å²) in [5.41, 5.74) is 6.75. The van der Waals surface area contributed by atoms with E-state index in [0.29, 0.717) is 19.8 Å². The van der Waals surface area contributed by atoms with E-state index in [-0.39, 0.29) is 12.2 Å². The lowest BCUT2D eigenvalue weighted by Crippen LogP contribution is -2.24. The molecule has 0 amide bonds. The Balaban J connectivity index is 2.49. The minimum Gasteiger partial charge on any atom is -0.379 e. The van der Waals surface area contributed by atoms with E-state index >= 15 is 0 Å². The highest BCUT2D eigenvalue weighted by molar-refractivity contribution is 5.13. The average molecular weight is 224 g/mol. The van der Waals surface area contributed by atoms with Crippen LogP contribution in [0.3, 0.4) is 0 Å². The zero-order valence-corrected chi connectivity index (χ0v) is 9.93. The van der Waals surface area contributed by atoms with Gasteiger partial charge in [-0.3, -0.25) is 4.98 Å². The second-order valence-electron chi connectivity index (χ2n) is 3.61. The molecule has 0 saturated heterocycles. The second kappa shape index (κ2) is 7.33. The number of nitrogens with zero attached hydrogens (tertiary/aromatic N) is 1. The average Bonchev–Trinajstić information content (AvgIpc) is 2.34. The van der Waals surface area contributed by atoms with Crippen molar-refractivity contribution in [1.82, 2.24) is 4.98 Å². The lowest BCUT2D eigenvalue weighted by atomic mass is 10.1. The molecule has 0 saturated carbocycles. The van der Waals surface area contributed by atoms with Gasteiger partial charge < -0.3 is 15.2 Å². The van der Waals surface area contributed by atoms with E-state index in [1.54, 1.807) is 12.4 Å². The maximum Gasteiger partial charge on any atom is 0.0952 e. The highest BCUT2D eigenvalue weighted by Crippen LogP contribution is 2.17. The molecule has 16 heavy (non-hydrogen) atoms. The van der Waals surface area contributed by atoms with Gasteiger partial charge in [-0.25, -0.2) is 0 Å². The van der Waals surface area contributed by atoms with Crippen LogP contribution in [0.5, 0.6) is 0 Å². The van der Waals surface area contributed by atoms with Gasteiger partial charge in [0.1, 0.15) is 0 Å². The van der Waals surface area contributed by atoms with Crippen LogP contribution < -0.4 is 5.73 Å². The van der Waals surface area contributed by atoms with Crippen molar-refractivity contribution in [3.8, 4) is 0 Å². The Kier molecular flexibility index (Phi) is 6.00. The zero-order valence-electron chi connectivity index (χ0n) is 9.93. The van der Waals surface area contributed by atoms with Crippen LogP contribution in [0.4, 0.5) is 0 Å². The van der Waals surface area contributed by atoms with Gasteiger partial charge in [0.15, 0.2) is 0 Å². The molecule has 4 heteroatoms. The maximum atomic E-state index is 5.81. The first kappa shape index (κ1) is 13.1. The largest absolute Gasteiger partial charge is 0.379 e. The number of nitrogens with two attached hydrogens (primary N) is 1. The highest BCUT2D eigenvalue weighted by atomic mass is 16.5. The molecular formula is C12H20N2O2. The van der Waals surface area contributed by atoms with Gasteiger partial charge in [0.25, 0.3) is 0 Å². The minimum atomic E-state index is -0.0848. The first-order valence-electron chi connectivity index (χ1n) is 5.61. The van der Waals surface area contributed by atoms with Gasteiger partial charge in [0.2, 0.25) is 0 Å². The van der Waals surface area contributed by atoms with Crippen molar-refractivity contribution < 1.29 is 9.47 Å². The molecule has 0 aliphatic rings. The van der Waals surface area contributed by atoms with Gasteiger partial charge >= 0.3 is 0 Å². The summed E-state index contributed by atoms with van der Waals surface area (Å²) in [4.78, 5) is 3.97. The molecule has 1 aromatic heterocycles. The van der Waals surface area contributed by atoms with Gasteiger partial charge in [0.05, 0.1) is 18.8 Å². The molecule has 0 fully saturated rings.